The van der Waals surface area contributed by atoms with Crippen molar-refractivity contribution in [3.05, 3.63) is 41.5 Å². The van der Waals surface area contributed by atoms with Crippen molar-refractivity contribution >= 4 is 17.5 Å². The Balaban J connectivity index is 1.70. The first kappa shape index (κ1) is 18.8. The molecule has 1 amide bonds. The lowest BCUT2D eigenvalue weighted by molar-refractivity contribution is -0.00547. The molecule has 0 saturated carbocycles. The van der Waals surface area contributed by atoms with E-state index in [1.165, 1.54) is 6.20 Å². The zero-order valence-corrected chi connectivity index (χ0v) is 16.2. The molecular weight excluding hydrogens is 358 g/mol. The maximum Gasteiger partial charge on any atom is 0.257 e. The quantitative estimate of drug-likeness (QED) is 0.865. The first-order valence-electron chi connectivity index (χ1n) is 9.68. The number of morpholine rings is 1. The van der Waals surface area contributed by atoms with Gasteiger partial charge in [-0.3, -0.25) is 9.78 Å². The Bertz CT molecular complexity index is 835. The highest BCUT2D eigenvalue weighted by molar-refractivity contribution is 6.05. The van der Waals surface area contributed by atoms with Gasteiger partial charge in [-0.05, 0) is 31.9 Å². The molecule has 0 radical (unpaired) electrons. The van der Waals surface area contributed by atoms with Gasteiger partial charge in [-0.1, -0.05) is 0 Å². The Hall–Kier alpha value is -2.58. The molecule has 8 heteroatoms. The molecule has 1 fully saturated rings. The highest BCUT2D eigenvalue weighted by Gasteiger charge is 2.27. The fraction of sp³-hybridized carbons (Fsp3) is 0.500. The molecule has 0 bridgehead atoms. The highest BCUT2D eigenvalue weighted by Crippen LogP contribution is 2.26. The molecule has 1 N–H and O–H groups in total. The zero-order chi connectivity index (χ0) is 19.5. The largest absolute Gasteiger partial charge is 0.381 e. The minimum atomic E-state index is -0.198. The van der Waals surface area contributed by atoms with Gasteiger partial charge in [-0.2, -0.15) is 0 Å². The maximum atomic E-state index is 13.1. The molecule has 2 aromatic heterocycles. The van der Waals surface area contributed by atoms with Crippen molar-refractivity contribution < 1.29 is 14.3 Å². The number of pyridine rings is 1. The van der Waals surface area contributed by atoms with Gasteiger partial charge in [-0.25, -0.2) is 9.97 Å². The Labute approximate surface area is 164 Å². The van der Waals surface area contributed by atoms with Crippen LogP contribution in [-0.4, -0.2) is 59.4 Å². The summed E-state index contributed by atoms with van der Waals surface area (Å²) in [6.07, 6.45) is 6.26. The van der Waals surface area contributed by atoms with E-state index < -0.39 is 0 Å². The molecule has 2 aromatic rings. The number of hydrogen-bond donors (Lipinski definition) is 1. The number of aromatic nitrogens is 3. The monoisotopic (exact) mass is 383 g/mol. The van der Waals surface area contributed by atoms with Crippen LogP contribution in [0.5, 0.6) is 0 Å². The summed E-state index contributed by atoms with van der Waals surface area (Å²) in [5, 5.41) is 2.85. The van der Waals surface area contributed by atoms with Gasteiger partial charge in [-0.15, -0.1) is 0 Å². The van der Waals surface area contributed by atoms with Gasteiger partial charge >= 0.3 is 0 Å². The number of fused-ring (bicyclic) bond motifs is 1. The van der Waals surface area contributed by atoms with E-state index in [9.17, 15) is 4.79 Å². The number of nitrogens with zero attached hydrogens (tertiary/aromatic N) is 4. The van der Waals surface area contributed by atoms with E-state index >= 15 is 0 Å². The number of carbonyl (C=O) groups excluding carboxylic acids is 1. The lowest BCUT2D eigenvalue weighted by Gasteiger charge is -2.36. The number of anilines is 2. The molecule has 0 spiro atoms. The van der Waals surface area contributed by atoms with E-state index in [4.69, 9.17) is 14.5 Å². The summed E-state index contributed by atoms with van der Waals surface area (Å²) in [6.45, 7) is 6.81. The van der Waals surface area contributed by atoms with Crippen LogP contribution in [0, 0.1) is 0 Å². The van der Waals surface area contributed by atoms with Crippen molar-refractivity contribution in [2.45, 2.75) is 38.9 Å². The minimum absolute atomic E-state index is 0.115. The van der Waals surface area contributed by atoms with Crippen molar-refractivity contribution in [2.24, 2.45) is 0 Å². The molecule has 2 aliphatic rings. The minimum Gasteiger partial charge on any atom is -0.381 e. The molecule has 1 saturated heterocycles. The van der Waals surface area contributed by atoms with Gasteiger partial charge in [0, 0.05) is 43.2 Å². The fourth-order valence-corrected chi connectivity index (χ4v) is 3.82. The average molecular weight is 383 g/mol. The molecule has 148 valence electrons. The first-order valence-corrected chi connectivity index (χ1v) is 9.68. The lowest BCUT2D eigenvalue weighted by atomic mass is 10.0. The number of carbonyl (C=O) groups is 1. The number of ether oxygens (including phenoxy) is 2. The van der Waals surface area contributed by atoms with Gasteiger partial charge in [0.05, 0.1) is 31.6 Å². The van der Waals surface area contributed by atoms with E-state index in [-0.39, 0.29) is 18.1 Å². The molecule has 8 nitrogen and oxygen atoms in total. The topological polar surface area (TPSA) is 89.5 Å². The summed E-state index contributed by atoms with van der Waals surface area (Å²) < 4.78 is 11.5. The standard InChI is InChI=1S/C20H25N5O3/c1-13-11-25(12-14(2)28-13)19-9-16(15-3-7-27-8-4-17(15)23-19)20(26)24-18-10-21-5-6-22-18/h5-6,9-10,13-14H,3-4,7-8,11-12H2,1-2H3,(H,22,24,26)/t13-,14+. The van der Waals surface area contributed by atoms with Crippen molar-refractivity contribution in [1.29, 1.82) is 0 Å². The van der Waals surface area contributed by atoms with Crippen LogP contribution in [-0.2, 0) is 22.3 Å². The molecule has 28 heavy (non-hydrogen) atoms. The van der Waals surface area contributed by atoms with E-state index in [0.29, 0.717) is 37.4 Å². The zero-order valence-electron chi connectivity index (χ0n) is 16.2. The smallest absolute Gasteiger partial charge is 0.257 e. The number of rotatable bonds is 3. The predicted octanol–water partition coefficient (Wildman–Crippen LogP) is 1.85. The normalized spacial score (nSPS) is 22.3. The summed E-state index contributed by atoms with van der Waals surface area (Å²) in [5.74, 6) is 1.04. The van der Waals surface area contributed by atoms with Crippen LogP contribution in [0.2, 0.25) is 0 Å². The predicted molar refractivity (Wildman–Crippen MR) is 105 cm³/mol. The van der Waals surface area contributed by atoms with Crippen LogP contribution in [0.1, 0.15) is 35.5 Å². The average Bonchev–Trinajstić information content (AvgIpc) is 2.92. The maximum absolute atomic E-state index is 13.1. The molecule has 2 atom stereocenters. The third-order valence-corrected chi connectivity index (χ3v) is 4.97. The summed E-state index contributed by atoms with van der Waals surface area (Å²) in [7, 11) is 0. The van der Waals surface area contributed by atoms with Crippen molar-refractivity contribution in [1.82, 2.24) is 15.0 Å². The number of hydrogen-bond acceptors (Lipinski definition) is 7. The Kier molecular flexibility index (Phi) is 5.50. The summed E-state index contributed by atoms with van der Waals surface area (Å²) in [4.78, 5) is 28.3. The van der Waals surface area contributed by atoms with Crippen LogP contribution in [0.25, 0.3) is 0 Å². The van der Waals surface area contributed by atoms with Crippen LogP contribution < -0.4 is 10.2 Å². The molecule has 4 heterocycles. The van der Waals surface area contributed by atoms with Crippen LogP contribution >= 0.6 is 0 Å². The SMILES string of the molecule is C[C@@H]1CN(c2cc(C(=O)Nc3cnccn3)c3c(n2)CCOCC3)C[C@H](C)O1. The van der Waals surface area contributed by atoms with E-state index in [2.05, 4.69) is 34.0 Å². The molecule has 0 unspecified atom stereocenters. The Morgan fingerprint density at radius 2 is 1.96 bits per heavy atom. The second kappa shape index (κ2) is 8.20. The van der Waals surface area contributed by atoms with E-state index in [1.54, 1.807) is 12.4 Å². The van der Waals surface area contributed by atoms with Gasteiger partial charge < -0.3 is 19.7 Å². The second-order valence-electron chi connectivity index (χ2n) is 7.27. The second-order valence-corrected chi connectivity index (χ2v) is 7.27. The van der Waals surface area contributed by atoms with Crippen molar-refractivity contribution in [3.63, 3.8) is 0 Å². The fourth-order valence-electron chi connectivity index (χ4n) is 3.82. The van der Waals surface area contributed by atoms with Gasteiger partial charge in [0.2, 0.25) is 0 Å². The molecule has 0 aliphatic carbocycles. The van der Waals surface area contributed by atoms with Crippen LogP contribution in [0.15, 0.2) is 24.7 Å². The number of nitrogens with one attached hydrogen (secondary N) is 1. The summed E-state index contributed by atoms with van der Waals surface area (Å²) in [6, 6.07) is 1.89. The highest BCUT2D eigenvalue weighted by atomic mass is 16.5. The van der Waals surface area contributed by atoms with Gasteiger partial charge in [0.15, 0.2) is 5.82 Å². The third-order valence-electron chi connectivity index (χ3n) is 4.97. The Morgan fingerprint density at radius 1 is 1.18 bits per heavy atom. The summed E-state index contributed by atoms with van der Waals surface area (Å²) >= 11 is 0. The Morgan fingerprint density at radius 3 is 2.71 bits per heavy atom. The van der Waals surface area contributed by atoms with Crippen LogP contribution in [0.3, 0.4) is 0 Å². The van der Waals surface area contributed by atoms with E-state index in [0.717, 1.165) is 30.2 Å². The molecular formula is C20H25N5O3. The summed E-state index contributed by atoms with van der Waals surface area (Å²) in [5.41, 5.74) is 2.52. The molecule has 0 aromatic carbocycles. The molecule has 2 aliphatic heterocycles. The van der Waals surface area contributed by atoms with E-state index in [1.807, 2.05) is 6.07 Å². The first-order chi connectivity index (χ1) is 13.6. The number of amides is 1. The molecule has 4 rings (SSSR count). The lowest BCUT2D eigenvalue weighted by Crippen LogP contribution is -2.46. The van der Waals surface area contributed by atoms with Crippen molar-refractivity contribution in [2.75, 3.05) is 36.5 Å². The van der Waals surface area contributed by atoms with Crippen molar-refractivity contribution in [3.8, 4) is 0 Å². The third kappa shape index (κ3) is 4.13. The van der Waals surface area contributed by atoms with Crippen LogP contribution in [0.4, 0.5) is 11.6 Å². The van der Waals surface area contributed by atoms with Gasteiger partial charge in [0.25, 0.3) is 5.91 Å². The van der Waals surface area contributed by atoms with Gasteiger partial charge in [0.1, 0.15) is 5.82 Å².